The van der Waals surface area contributed by atoms with Gasteiger partial charge in [0.25, 0.3) is 0 Å². The number of benzene rings is 3. The first-order chi connectivity index (χ1) is 13.6. The fourth-order valence-electron chi connectivity index (χ4n) is 2.86. The molecule has 4 nitrogen and oxygen atoms in total. The Kier molecular flexibility index (Phi) is 5.04. The first-order valence-corrected chi connectivity index (χ1v) is 9.10. The van der Waals surface area contributed by atoms with Crippen molar-refractivity contribution in [2.75, 3.05) is 7.11 Å². The van der Waals surface area contributed by atoms with Crippen LogP contribution < -0.4 is 14.2 Å². The Morgan fingerprint density at radius 1 is 0.964 bits per heavy atom. The van der Waals surface area contributed by atoms with Crippen LogP contribution in [0, 0.1) is 0 Å². The van der Waals surface area contributed by atoms with E-state index < -0.39 is 0 Å². The van der Waals surface area contributed by atoms with Crippen LogP contribution in [0.4, 0.5) is 0 Å². The largest absolute Gasteiger partial charge is 0.497 e. The lowest BCUT2D eigenvalue weighted by molar-refractivity contribution is 0.101. The van der Waals surface area contributed by atoms with Crippen molar-refractivity contribution in [1.82, 2.24) is 0 Å². The smallest absolute Gasteiger partial charge is 0.231 e. The van der Waals surface area contributed by atoms with Gasteiger partial charge in [-0.05, 0) is 53.6 Å². The molecule has 5 heteroatoms. The predicted octanol–water partition coefficient (Wildman–Crippen LogP) is 5.54. The molecule has 0 saturated carbocycles. The number of ether oxygens (including phenoxy) is 3. The van der Waals surface area contributed by atoms with Gasteiger partial charge in [0, 0.05) is 11.1 Å². The highest BCUT2D eigenvalue weighted by atomic mass is 35.5. The third-order valence-electron chi connectivity index (χ3n) is 4.37. The Morgan fingerprint density at radius 2 is 1.68 bits per heavy atom. The van der Waals surface area contributed by atoms with Crippen LogP contribution >= 0.6 is 11.6 Å². The molecule has 0 saturated heterocycles. The summed E-state index contributed by atoms with van der Waals surface area (Å²) in [4.78, 5) is 12.6. The number of carbonyl (C=O) groups is 1. The number of ketones is 1. The monoisotopic (exact) mass is 392 g/mol. The zero-order chi connectivity index (χ0) is 19.5. The third kappa shape index (κ3) is 3.87. The summed E-state index contributed by atoms with van der Waals surface area (Å²) in [6.07, 6.45) is 1.72. The van der Waals surface area contributed by atoms with E-state index in [0.717, 1.165) is 16.9 Å². The lowest BCUT2D eigenvalue weighted by Gasteiger charge is -2.07. The minimum atomic E-state index is -0.143. The quantitative estimate of drug-likeness (QED) is 0.534. The highest BCUT2D eigenvalue weighted by Gasteiger charge is 2.27. The number of Topliss-reactive ketones (excluding diaryl/α,β-unsaturated/α-hetero) is 1. The molecule has 0 radical (unpaired) electrons. The highest BCUT2D eigenvalue weighted by molar-refractivity contribution is 6.30. The Balaban J connectivity index is 1.49. The molecule has 28 heavy (non-hydrogen) atoms. The molecule has 0 bridgehead atoms. The molecule has 0 aliphatic carbocycles. The van der Waals surface area contributed by atoms with Gasteiger partial charge in [-0.25, -0.2) is 0 Å². The van der Waals surface area contributed by atoms with E-state index in [2.05, 4.69) is 0 Å². The van der Waals surface area contributed by atoms with Crippen molar-refractivity contribution >= 4 is 23.5 Å². The molecule has 0 amide bonds. The number of rotatable bonds is 5. The molecule has 3 aromatic carbocycles. The molecule has 0 fully saturated rings. The highest BCUT2D eigenvalue weighted by Crippen LogP contribution is 2.35. The SMILES string of the molecule is COc1ccc(/C=C2\Oc3cc(OCc4ccc(Cl)cc4)ccc3C2=O)cc1. The summed E-state index contributed by atoms with van der Waals surface area (Å²) in [5.74, 6) is 2.03. The first kappa shape index (κ1) is 18.1. The van der Waals surface area contributed by atoms with Gasteiger partial charge >= 0.3 is 0 Å². The van der Waals surface area contributed by atoms with Crippen LogP contribution in [0.1, 0.15) is 21.5 Å². The van der Waals surface area contributed by atoms with Crippen LogP contribution in [-0.2, 0) is 6.61 Å². The minimum Gasteiger partial charge on any atom is -0.497 e. The number of hydrogen-bond donors (Lipinski definition) is 0. The second-order valence-corrected chi connectivity index (χ2v) is 6.72. The molecule has 0 N–H and O–H groups in total. The first-order valence-electron chi connectivity index (χ1n) is 8.72. The fourth-order valence-corrected chi connectivity index (χ4v) is 2.98. The van der Waals surface area contributed by atoms with Gasteiger partial charge < -0.3 is 14.2 Å². The van der Waals surface area contributed by atoms with E-state index in [1.807, 2.05) is 48.5 Å². The maximum absolute atomic E-state index is 12.6. The number of carbonyl (C=O) groups excluding carboxylic acids is 1. The van der Waals surface area contributed by atoms with Crippen LogP contribution in [-0.4, -0.2) is 12.9 Å². The minimum absolute atomic E-state index is 0.143. The molecule has 3 aromatic rings. The molecular formula is C23H17ClO4. The zero-order valence-corrected chi connectivity index (χ0v) is 15.9. The Morgan fingerprint density at radius 3 is 2.39 bits per heavy atom. The van der Waals surface area contributed by atoms with Gasteiger partial charge in [-0.2, -0.15) is 0 Å². The van der Waals surface area contributed by atoms with Gasteiger partial charge in [0.2, 0.25) is 5.78 Å². The normalized spacial score (nSPS) is 13.9. The van der Waals surface area contributed by atoms with Crippen LogP contribution in [0.25, 0.3) is 6.08 Å². The number of hydrogen-bond acceptors (Lipinski definition) is 4. The van der Waals surface area contributed by atoms with Crippen LogP contribution in [0.15, 0.2) is 72.5 Å². The molecule has 4 rings (SSSR count). The summed E-state index contributed by atoms with van der Waals surface area (Å²) in [5.41, 5.74) is 2.39. The zero-order valence-electron chi connectivity index (χ0n) is 15.1. The maximum Gasteiger partial charge on any atom is 0.231 e. The van der Waals surface area contributed by atoms with Crippen molar-refractivity contribution in [3.8, 4) is 17.2 Å². The van der Waals surface area contributed by atoms with Gasteiger partial charge in [0.05, 0.1) is 12.7 Å². The average Bonchev–Trinajstić information content (AvgIpc) is 3.03. The fraction of sp³-hybridized carbons (Fsp3) is 0.0870. The molecule has 1 aliphatic heterocycles. The van der Waals surface area contributed by atoms with Gasteiger partial charge in [-0.3, -0.25) is 4.79 Å². The predicted molar refractivity (Wildman–Crippen MR) is 108 cm³/mol. The molecule has 0 spiro atoms. The van der Waals surface area contributed by atoms with Crippen molar-refractivity contribution in [1.29, 1.82) is 0 Å². The average molecular weight is 393 g/mol. The summed E-state index contributed by atoms with van der Waals surface area (Å²) in [6.45, 7) is 0.401. The molecule has 0 atom stereocenters. The van der Waals surface area contributed by atoms with Crippen molar-refractivity contribution in [3.05, 3.63) is 94.2 Å². The number of methoxy groups -OCH3 is 1. The van der Waals surface area contributed by atoms with E-state index in [9.17, 15) is 4.79 Å². The summed E-state index contributed by atoms with van der Waals surface area (Å²) < 4.78 is 16.7. The van der Waals surface area contributed by atoms with Crippen molar-refractivity contribution in [2.24, 2.45) is 0 Å². The van der Waals surface area contributed by atoms with Crippen molar-refractivity contribution in [3.63, 3.8) is 0 Å². The van der Waals surface area contributed by atoms with Crippen molar-refractivity contribution in [2.45, 2.75) is 6.61 Å². The standard InChI is InChI=1S/C23H17ClO4/c1-26-18-8-4-15(5-9-18)12-22-23(25)20-11-10-19(13-21(20)28-22)27-14-16-2-6-17(24)7-3-16/h2-13H,14H2,1H3/b22-12-. The summed E-state index contributed by atoms with van der Waals surface area (Å²) in [5, 5.41) is 0.685. The second-order valence-electron chi connectivity index (χ2n) is 6.29. The third-order valence-corrected chi connectivity index (χ3v) is 4.63. The molecule has 1 heterocycles. The van der Waals surface area contributed by atoms with E-state index in [4.69, 9.17) is 25.8 Å². The van der Waals surface area contributed by atoms with Crippen molar-refractivity contribution < 1.29 is 19.0 Å². The molecular weight excluding hydrogens is 376 g/mol. The van der Waals surface area contributed by atoms with Gasteiger partial charge in [-0.15, -0.1) is 0 Å². The number of halogens is 1. The molecule has 0 unspecified atom stereocenters. The summed E-state index contributed by atoms with van der Waals surface area (Å²) >= 11 is 5.89. The summed E-state index contributed by atoms with van der Waals surface area (Å²) in [6, 6.07) is 20.1. The van der Waals surface area contributed by atoms with E-state index in [0.29, 0.717) is 28.7 Å². The van der Waals surface area contributed by atoms with Crippen LogP contribution in [0.3, 0.4) is 0 Å². The number of allylic oxidation sites excluding steroid dienone is 1. The molecule has 140 valence electrons. The van der Waals surface area contributed by atoms with E-state index >= 15 is 0 Å². The maximum atomic E-state index is 12.6. The van der Waals surface area contributed by atoms with E-state index in [1.165, 1.54) is 0 Å². The Hall–Kier alpha value is -3.24. The second kappa shape index (κ2) is 7.79. The Bertz CT molecular complexity index is 1040. The van der Waals surface area contributed by atoms with Crippen LogP contribution in [0.2, 0.25) is 5.02 Å². The molecule has 1 aliphatic rings. The van der Waals surface area contributed by atoms with Gasteiger partial charge in [-0.1, -0.05) is 35.9 Å². The van der Waals surface area contributed by atoms with E-state index in [1.54, 1.807) is 31.4 Å². The van der Waals surface area contributed by atoms with Gasteiger partial charge in [0.15, 0.2) is 5.76 Å². The Labute approximate surface area is 167 Å². The van der Waals surface area contributed by atoms with E-state index in [-0.39, 0.29) is 11.5 Å². The lowest BCUT2D eigenvalue weighted by Crippen LogP contribution is -1.98. The lowest BCUT2D eigenvalue weighted by atomic mass is 10.1. The molecule has 0 aromatic heterocycles. The van der Waals surface area contributed by atoms with Crippen LogP contribution in [0.5, 0.6) is 17.2 Å². The number of fused-ring (bicyclic) bond motifs is 1. The topological polar surface area (TPSA) is 44.8 Å². The summed E-state index contributed by atoms with van der Waals surface area (Å²) in [7, 11) is 1.61. The van der Waals surface area contributed by atoms with Gasteiger partial charge in [0.1, 0.15) is 23.9 Å².